The maximum atomic E-state index is 5.21. The van der Waals surface area contributed by atoms with E-state index in [0.717, 1.165) is 11.0 Å². The van der Waals surface area contributed by atoms with E-state index in [1.165, 1.54) is 0 Å². The highest BCUT2D eigenvalue weighted by atomic mass is 35.7. The van der Waals surface area contributed by atoms with Gasteiger partial charge in [0.25, 0.3) is 0 Å². The molecule has 3 N–H and O–H groups in total. The zero-order chi connectivity index (χ0) is 5.70. The molecule has 0 heterocycles. The average Bonchev–Trinajstić information content (AvgIpc) is 1.68. The molecule has 2 nitrogen and oxygen atoms in total. The Morgan fingerprint density at radius 3 is 2.71 bits per heavy atom. The molecule has 0 atom stereocenters. The topological polar surface area (TPSA) is 38.0 Å². The summed E-state index contributed by atoms with van der Waals surface area (Å²) in [5, 5.41) is 3.30. The van der Waals surface area contributed by atoms with Gasteiger partial charge in [-0.15, -0.1) is 0 Å². The van der Waals surface area contributed by atoms with E-state index in [1.54, 1.807) is 13.2 Å². The van der Waals surface area contributed by atoms with Gasteiger partial charge in [-0.3, -0.25) is 0 Å². The predicted octanol–water partition coefficient (Wildman–Crippen LogP) is 0.850. The summed E-state index contributed by atoms with van der Waals surface area (Å²) in [6, 6.07) is 0. The van der Waals surface area contributed by atoms with Crippen molar-refractivity contribution in [1.82, 2.24) is 5.32 Å². The third kappa shape index (κ3) is 3.82. The number of hydrogen-bond donors (Lipinski definition) is 2. The molecule has 0 unspecified atom stereocenters. The Hall–Kier alpha value is -0.0200. The fourth-order valence-electron chi connectivity index (χ4n) is 0.165. The third-order valence-electron chi connectivity index (χ3n) is 0.376. The van der Waals surface area contributed by atoms with Crippen molar-refractivity contribution in [3.05, 3.63) is 11.2 Å². The van der Waals surface area contributed by atoms with Crippen LogP contribution < -0.4 is 11.1 Å². The Morgan fingerprint density at radius 1 is 2.00 bits per heavy atom. The van der Waals surface area contributed by atoms with Crippen LogP contribution in [0.4, 0.5) is 0 Å². The van der Waals surface area contributed by atoms with Gasteiger partial charge >= 0.3 is 0 Å². The largest absolute Gasteiger partial charge is 0.392 e. The van der Waals surface area contributed by atoms with Crippen LogP contribution in [0.25, 0.3) is 0 Å². The lowest BCUT2D eigenvalue weighted by Gasteiger charge is -1.88. The minimum Gasteiger partial charge on any atom is -0.392 e. The molecular weight excluding hydrogens is 132 g/mol. The van der Waals surface area contributed by atoms with E-state index in [4.69, 9.17) is 16.4 Å². The van der Waals surface area contributed by atoms with Crippen molar-refractivity contribution >= 4 is 21.7 Å². The Bertz CT molecular complexity index is 73.3. The minimum atomic E-state index is 0.573. The lowest BCUT2D eigenvalue weighted by molar-refractivity contribution is 1.09. The van der Waals surface area contributed by atoms with Crippen molar-refractivity contribution in [3.8, 4) is 0 Å². The van der Waals surface area contributed by atoms with Gasteiger partial charge in [-0.2, -0.15) is 0 Å². The SMILES string of the molecule is CN/C=C(\N)SCl. The first-order chi connectivity index (χ1) is 3.31. The van der Waals surface area contributed by atoms with Crippen molar-refractivity contribution in [3.63, 3.8) is 0 Å². The van der Waals surface area contributed by atoms with Crippen molar-refractivity contribution in [2.24, 2.45) is 5.73 Å². The molecule has 0 aromatic heterocycles. The molecule has 0 rings (SSSR count). The summed E-state index contributed by atoms with van der Waals surface area (Å²) in [5.41, 5.74) is 5.21. The van der Waals surface area contributed by atoms with Crippen LogP contribution in [0.1, 0.15) is 0 Å². The van der Waals surface area contributed by atoms with Gasteiger partial charge in [0, 0.05) is 13.2 Å². The van der Waals surface area contributed by atoms with Gasteiger partial charge in [0.15, 0.2) is 0 Å². The normalized spacial score (nSPS) is 11.4. The molecule has 0 aromatic carbocycles. The maximum Gasteiger partial charge on any atom is 0.0972 e. The molecular formula is C3H7ClN2S. The molecule has 42 valence electrons. The van der Waals surface area contributed by atoms with Crippen LogP contribution in [0.15, 0.2) is 11.2 Å². The fraction of sp³-hybridized carbons (Fsp3) is 0.333. The number of halogens is 1. The van der Waals surface area contributed by atoms with Gasteiger partial charge in [0.1, 0.15) is 0 Å². The van der Waals surface area contributed by atoms with Crippen molar-refractivity contribution in [2.75, 3.05) is 7.05 Å². The predicted molar refractivity (Wildman–Crippen MR) is 34.8 cm³/mol. The molecule has 0 aliphatic heterocycles. The smallest absolute Gasteiger partial charge is 0.0972 e. The molecule has 4 heteroatoms. The molecule has 0 amide bonds. The monoisotopic (exact) mass is 138 g/mol. The molecule has 0 aliphatic carbocycles. The van der Waals surface area contributed by atoms with Crippen LogP contribution in [-0.4, -0.2) is 7.05 Å². The van der Waals surface area contributed by atoms with Crippen molar-refractivity contribution in [1.29, 1.82) is 0 Å². The summed E-state index contributed by atoms with van der Waals surface area (Å²) in [7, 11) is 7.98. The molecule has 0 radical (unpaired) electrons. The molecule has 0 bridgehead atoms. The lowest BCUT2D eigenvalue weighted by atomic mass is 10.9. The molecule has 0 saturated carbocycles. The van der Waals surface area contributed by atoms with Gasteiger partial charge in [-0.25, -0.2) is 0 Å². The van der Waals surface area contributed by atoms with Gasteiger partial charge in [-0.1, -0.05) is 0 Å². The van der Waals surface area contributed by atoms with Crippen LogP contribution in [0, 0.1) is 0 Å². The molecule has 7 heavy (non-hydrogen) atoms. The van der Waals surface area contributed by atoms with Gasteiger partial charge in [0.2, 0.25) is 0 Å². The summed E-state index contributed by atoms with van der Waals surface area (Å²) in [5.74, 6) is 0. The van der Waals surface area contributed by atoms with Gasteiger partial charge in [-0.05, 0) is 21.7 Å². The van der Waals surface area contributed by atoms with E-state index in [1.807, 2.05) is 0 Å². The summed E-state index contributed by atoms with van der Waals surface area (Å²) in [6.45, 7) is 0. The highest BCUT2D eigenvalue weighted by Gasteiger charge is 1.80. The van der Waals surface area contributed by atoms with E-state index in [-0.39, 0.29) is 0 Å². The van der Waals surface area contributed by atoms with Crippen molar-refractivity contribution < 1.29 is 0 Å². The summed E-state index contributed by atoms with van der Waals surface area (Å²) in [6.07, 6.45) is 1.62. The lowest BCUT2D eigenvalue weighted by Crippen LogP contribution is -1.99. The van der Waals surface area contributed by atoms with Gasteiger partial charge < -0.3 is 11.1 Å². The van der Waals surface area contributed by atoms with E-state index in [9.17, 15) is 0 Å². The molecule has 0 aliphatic rings. The second-order valence-corrected chi connectivity index (χ2v) is 2.00. The molecule has 0 fully saturated rings. The Kier molecular flexibility index (Phi) is 4.14. The van der Waals surface area contributed by atoms with Crippen LogP contribution in [0.3, 0.4) is 0 Å². The van der Waals surface area contributed by atoms with E-state index in [2.05, 4.69) is 5.32 Å². The highest BCUT2D eigenvalue weighted by molar-refractivity contribution is 8.24. The van der Waals surface area contributed by atoms with Gasteiger partial charge in [0.05, 0.1) is 5.03 Å². The Labute approximate surface area is 51.6 Å². The second kappa shape index (κ2) is 4.15. The molecule has 0 spiro atoms. The number of nitrogens with one attached hydrogen (secondary N) is 1. The zero-order valence-electron chi connectivity index (χ0n) is 3.94. The number of nitrogens with two attached hydrogens (primary N) is 1. The first-order valence-corrected chi connectivity index (χ1v) is 3.37. The third-order valence-corrected chi connectivity index (χ3v) is 1.21. The summed E-state index contributed by atoms with van der Waals surface area (Å²) < 4.78 is 0. The van der Waals surface area contributed by atoms with Crippen LogP contribution in [-0.2, 0) is 0 Å². The first-order valence-electron chi connectivity index (χ1n) is 1.72. The fourth-order valence-corrected chi connectivity index (χ4v) is 0.461. The maximum absolute atomic E-state index is 5.21. The van der Waals surface area contributed by atoms with E-state index >= 15 is 0 Å². The zero-order valence-corrected chi connectivity index (χ0v) is 5.51. The highest BCUT2D eigenvalue weighted by Crippen LogP contribution is 2.11. The molecule has 0 saturated heterocycles. The van der Waals surface area contributed by atoms with Crippen LogP contribution >= 0.6 is 21.7 Å². The summed E-state index contributed by atoms with van der Waals surface area (Å²) in [4.78, 5) is 0. The number of rotatable bonds is 2. The quantitative estimate of drug-likeness (QED) is 0.594. The first kappa shape index (κ1) is 6.98. The Balaban J connectivity index is 3.29. The Morgan fingerprint density at radius 2 is 2.57 bits per heavy atom. The number of hydrogen-bond acceptors (Lipinski definition) is 3. The van der Waals surface area contributed by atoms with E-state index in [0.29, 0.717) is 5.03 Å². The second-order valence-electron chi connectivity index (χ2n) is 0.913. The average molecular weight is 139 g/mol. The van der Waals surface area contributed by atoms with Crippen LogP contribution in [0.2, 0.25) is 0 Å². The van der Waals surface area contributed by atoms with Crippen LogP contribution in [0.5, 0.6) is 0 Å². The minimum absolute atomic E-state index is 0.573. The summed E-state index contributed by atoms with van der Waals surface area (Å²) >= 11 is 0. The molecule has 0 aromatic rings. The van der Waals surface area contributed by atoms with Crippen molar-refractivity contribution in [2.45, 2.75) is 0 Å². The standard InChI is InChI=1S/C3H7ClN2S/c1-6-2-3(5)7-4/h2,6H,5H2,1H3/b3-2+. The van der Waals surface area contributed by atoms with E-state index < -0.39 is 0 Å².